The zero-order chi connectivity index (χ0) is 79.2. The molecule has 3 atom stereocenters. The second-order valence-corrected chi connectivity index (χ2v) is 30.5. The molecule has 0 saturated carbocycles. The first-order valence-electron chi connectivity index (χ1n) is 35.6. The van der Waals surface area contributed by atoms with E-state index in [1.807, 2.05) is 47.8 Å². The number of amides is 7. The van der Waals surface area contributed by atoms with Crippen LogP contribution in [0.5, 0.6) is 0 Å². The van der Waals surface area contributed by atoms with Gasteiger partial charge in [0.2, 0.25) is 6.41 Å². The molecule has 0 aromatic rings. The summed E-state index contributed by atoms with van der Waals surface area (Å²) in [6, 6.07) is 0. The van der Waals surface area contributed by atoms with Gasteiger partial charge in [0.25, 0.3) is 0 Å². The van der Waals surface area contributed by atoms with E-state index < -0.39 is 152 Å². The lowest BCUT2D eigenvalue weighted by Gasteiger charge is -2.32. The third kappa shape index (κ3) is 51.7. The number of ether oxygens (including phenoxy) is 11. The topological polar surface area (TPSA) is 402 Å². The highest BCUT2D eigenvalue weighted by Crippen LogP contribution is 2.28. The molecule has 0 aliphatic rings. The van der Waals surface area contributed by atoms with E-state index in [2.05, 4.69) is 48.5 Å². The normalized spacial score (nSPS) is 13.4. The Balaban J connectivity index is 6.42. The van der Waals surface area contributed by atoms with E-state index in [4.69, 9.17) is 58.5 Å². The Bertz CT molecular complexity index is 2540. The molecule has 7 amide bonds. The summed E-state index contributed by atoms with van der Waals surface area (Å²) in [5, 5.41) is 32.6. The van der Waals surface area contributed by atoms with Crippen LogP contribution >= 0.6 is 0 Å². The lowest BCUT2D eigenvalue weighted by Crippen LogP contribution is -2.48. The fourth-order valence-electron chi connectivity index (χ4n) is 8.76. The van der Waals surface area contributed by atoms with Crippen LogP contribution in [0.4, 0.5) is 33.6 Å². The Morgan fingerprint density at radius 1 is 0.327 bits per heavy atom. The maximum absolute atomic E-state index is 14.4. The van der Waals surface area contributed by atoms with Gasteiger partial charge in [-0.3, -0.25) is 19.7 Å². The van der Waals surface area contributed by atoms with Crippen molar-refractivity contribution < 1.29 is 105 Å². The third-order valence-electron chi connectivity index (χ3n) is 14.5. The van der Waals surface area contributed by atoms with Crippen molar-refractivity contribution in [3.63, 3.8) is 0 Å². The van der Waals surface area contributed by atoms with E-state index in [0.29, 0.717) is 130 Å². The first-order valence-corrected chi connectivity index (χ1v) is 35.6. The van der Waals surface area contributed by atoms with Gasteiger partial charge in [0.1, 0.15) is 71.7 Å². The number of aliphatic hydroxyl groups excluding tert-OH is 1. The number of carbonyl (C=O) groups excluding carboxylic acids is 10. The average molecular weight is 1490 g/mol. The second kappa shape index (κ2) is 50.1. The molecule has 0 aromatic carbocycles. The summed E-state index contributed by atoms with van der Waals surface area (Å²) in [5.74, 6) is -1.10. The van der Waals surface area contributed by atoms with Crippen LogP contribution in [0.3, 0.4) is 0 Å². The van der Waals surface area contributed by atoms with Crippen LogP contribution in [-0.2, 0) is 66.5 Å². The minimum Gasteiger partial charge on any atom is -0.464 e. The quantitative estimate of drug-likeness (QED) is 0.0123. The van der Waals surface area contributed by atoms with Gasteiger partial charge in [-0.2, -0.15) is 0 Å². The molecular weight excluding hydrogens is 1360 g/mol. The summed E-state index contributed by atoms with van der Waals surface area (Å²) in [5.41, 5.74) is -8.34. The molecule has 0 aromatic heterocycles. The molecule has 34 nitrogen and oxygen atoms in total. The van der Waals surface area contributed by atoms with Crippen LogP contribution in [0, 0.1) is 28.6 Å². The van der Waals surface area contributed by atoms with Crippen molar-refractivity contribution >= 4 is 60.6 Å². The Morgan fingerprint density at radius 3 is 0.779 bits per heavy atom. The number of nitrogens with zero attached hydrogens (tertiary/aromatic N) is 4. The van der Waals surface area contributed by atoms with Gasteiger partial charge >= 0.3 is 60.6 Å². The number of terminal acetylenes is 1. The molecule has 0 heterocycles. The van der Waals surface area contributed by atoms with Gasteiger partial charge in [-0.25, -0.2) is 33.6 Å². The van der Waals surface area contributed by atoms with E-state index in [1.165, 1.54) is 20.8 Å². The number of alkyl carbamates (subject to hydrolysis) is 7. The van der Waals surface area contributed by atoms with Crippen molar-refractivity contribution in [2.75, 3.05) is 179 Å². The van der Waals surface area contributed by atoms with Crippen molar-refractivity contribution in [1.82, 2.24) is 62.1 Å². The molecule has 34 heteroatoms. The number of rotatable bonds is 50. The van der Waals surface area contributed by atoms with Crippen LogP contribution in [-0.4, -0.2) is 293 Å². The Hall–Kier alpha value is -7.42. The molecule has 0 aliphatic heterocycles. The van der Waals surface area contributed by atoms with E-state index in [0.717, 1.165) is 0 Å². The van der Waals surface area contributed by atoms with Gasteiger partial charge in [-0.15, -0.1) is 6.42 Å². The fraction of sp³-hybridized carbons (Fsp3) is 0.829. The zero-order valence-corrected chi connectivity index (χ0v) is 65.9. The Morgan fingerprint density at radius 2 is 0.538 bits per heavy atom. The zero-order valence-electron chi connectivity index (χ0n) is 65.9. The van der Waals surface area contributed by atoms with E-state index in [9.17, 15) is 53.1 Å². The molecule has 0 aliphatic carbocycles. The van der Waals surface area contributed by atoms with Crippen molar-refractivity contribution in [3.05, 3.63) is 0 Å². The van der Waals surface area contributed by atoms with Crippen LogP contribution < -0.4 is 42.5 Å². The van der Waals surface area contributed by atoms with E-state index in [1.54, 1.807) is 83.1 Å². The average Bonchev–Trinajstić information content (AvgIpc) is 0.829. The molecule has 3 unspecified atom stereocenters. The molecule has 0 saturated heterocycles. The molecule has 9 N–H and O–H groups in total. The number of esters is 3. The number of carbonyl (C=O) groups is 10. The first kappa shape index (κ1) is 96.6. The summed E-state index contributed by atoms with van der Waals surface area (Å²) in [4.78, 5) is 138. The van der Waals surface area contributed by atoms with Crippen molar-refractivity contribution in [3.8, 4) is 12.3 Å². The SMILES string of the molecule is C#CCOC(=O)C(C)(COC(=O)C(C)(COC(=O)NCCCN(C)CCCNC(=O)OC(C)(C)C)COC(=O)NCCCN(C)CCCNC(=O)OC(C)(C)C)COC(=O)C(C)(COC(=O)NCCCN(C)CCCNC(=O)OC(C)(C)C)COC(O)NCCCN(C)CCCNC(=O)OC(C)(C)C. The van der Waals surface area contributed by atoms with Gasteiger partial charge < -0.3 is 114 Å². The number of hydrogen-bond acceptors (Lipinski definition) is 27. The minimum atomic E-state index is -2.02. The summed E-state index contributed by atoms with van der Waals surface area (Å²) in [6.07, 6.45) is 3.60. The lowest BCUT2D eigenvalue weighted by atomic mass is 9.90. The predicted molar refractivity (Wildman–Crippen MR) is 388 cm³/mol. The monoisotopic (exact) mass is 1490 g/mol. The van der Waals surface area contributed by atoms with Crippen molar-refractivity contribution in [2.24, 2.45) is 16.2 Å². The first-order chi connectivity index (χ1) is 48.3. The Labute approximate surface area is 617 Å². The maximum atomic E-state index is 14.4. The second-order valence-electron chi connectivity index (χ2n) is 30.5. The summed E-state index contributed by atoms with van der Waals surface area (Å²) < 4.78 is 60.2. The smallest absolute Gasteiger partial charge is 0.407 e. The highest BCUT2D eigenvalue weighted by atomic mass is 16.6. The highest BCUT2D eigenvalue weighted by molar-refractivity contribution is 5.82. The van der Waals surface area contributed by atoms with E-state index >= 15 is 0 Å². The van der Waals surface area contributed by atoms with Gasteiger partial charge in [0.15, 0.2) is 6.61 Å². The largest absolute Gasteiger partial charge is 0.464 e. The fourth-order valence-corrected chi connectivity index (χ4v) is 8.76. The maximum Gasteiger partial charge on any atom is 0.407 e. The predicted octanol–water partition coefficient (Wildman–Crippen LogP) is 5.28. The van der Waals surface area contributed by atoms with Gasteiger partial charge in [-0.1, -0.05) is 5.92 Å². The third-order valence-corrected chi connectivity index (χ3v) is 14.5. The standard InChI is InChI=1S/C70H130N12O22/c1-21-46-94-53(83)68(14,47-95-54(84)69(15,49-97-56(86)71-30-22-38-79(17)42-26-34-75-60(90)101-64(2,3)4)50-98-57(87)72-31-23-39-80(18)43-27-35-76-61(91)102-65(5,6)7)48-96-55(85)70(16,51-99-58(88)73-32-24-40-81(19)44-28-36-77-62(92)103-66(8,9)10)52-100-59(89)74-33-25-41-82(20)45-29-37-78-63(93)104-67(11,12)13/h1,56,71,86H,22-52H2,2-20H3,(H,72,87)(H,73,88)(H,74,89)(H,75,90)(H,76,91)(H,77,92)(H,78,93). The highest BCUT2D eigenvalue weighted by Gasteiger charge is 2.46. The molecule has 0 spiro atoms. The molecule has 0 fully saturated rings. The summed E-state index contributed by atoms with van der Waals surface area (Å²) in [7, 11) is 7.54. The van der Waals surface area contributed by atoms with Gasteiger partial charge in [0, 0.05) is 52.4 Å². The van der Waals surface area contributed by atoms with Crippen LogP contribution in [0.25, 0.3) is 0 Å². The van der Waals surface area contributed by atoms with E-state index in [-0.39, 0.29) is 26.2 Å². The molecule has 0 bridgehead atoms. The number of aliphatic hydroxyl groups is 1. The Kier molecular flexibility index (Phi) is 46.6. The number of nitrogens with one attached hydrogen (secondary N) is 8. The minimum absolute atomic E-state index is 0.162. The summed E-state index contributed by atoms with van der Waals surface area (Å²) >= 11 is 0. The van der Waals surface area contributed by atoms with Gasteiger partial charge in [-0.05, 0) is 236 Å². The molecule has 104 heavy (non-hydrogen) atoms. The molecule has 602 valence electrons. The van der Waals surface area contributed by atoms with Crippen molar-refractivity contribution in [1.29, 1.82) is 0 Å². The lowest BCUT2D eigenvalue weighted by molar-refractivity contribution is -0.185. The molecule has 0 rings (SSSR count). The van der Waals surface area contributed by atoms with Crippen molar-refractivity contribution in [2.45, 2.75) is 184 Å². The number of hydrogen-bond donors (Lipinski definition) is 9. The van der Waals surface area contributed by atoms with Crippen LogP contribution in [0.15, 0.2) is 0 Å². The summed E-state index contributed by atoms with van der Waals surface area (Å²) in [6.45, 7) is 27.4. The molecular formula is C70H130N12O22. The van der Waals surface area contributed by atoms with Crippen LogP contribution in [0.1, 0.15) is 155 Å². The van der Waals surface area contributed by atoms with Gasteiger partial charge in [0.05, 0.1) is 6.61 Å². The molecule has 0 radical (unpaired) electrons. The van der Waals surface area contributed by atoms with Crippen LogP contribution in [0.2, 0.25) is 0 Å².